The Labute approximate surface area is 107 Å². The molecule has 6 nitrogen and oxygen atoms in total. The Bertz CT molecular complexity index is 455. The zero-order valence-corrected chi connectivity index (χ0v) is 11.1. The number of nitrogens with two attached hydrogens (primary N) is 1. The molecular formula is C12H20N4O2. The minimum Gasteiger partial charge on any atom is -0.395 e. The molecule has 0 radical (unpaired) electrons. The van der Waals surface area contributed by atoms with Crippen molar-refractivity contribution in [3.63, 3.8) is 0 Å². The zero-order chi connectivity index (χ0) is 13.3. The minimum absolute atomic E-state index is 0.0502. The van der Waals surface area contributed by atoms with E-state index in [4.69, 9.17) is 10.5 Å². The van der Waals surface area contributed by atoms with Crippen LogP contribution in [0, 0.1) is 6.92 Å². The third kappa shape index (κ3) is 2.08. The molecule has 1 aliphatic heterocycles. The molecule has 1 aromatic heterocycles. The summed E-state index contributed by atoms with van der Waals surface area (Å²) >= 11 is 0. The van der Waals surface area contributed by atoms with Crippen molar-refractivity contribution in [3.05, 3.63) is 11.4 Å². The third-order valence-electron chi connectivity index (χ3n) is 3.30. The number of carbonyl (C=O) groups is 1. The maximum absolute atomic E-state index is 12.6. The first kappa shape index (κ1) is 12.9. The molecule has 1 aliphatic rings. The molecule has 0 aliphatic carbocycles. The summed E-state index contributed by atoms with van der Waals surface area (Å²) in [5.74, 6) is -0.0502. The van der Waals surface area contributed by atoms with Gasteiger partial charge in [-0.2, -0.15) is 5.10 Å². The molecular weight excluding hydrogens is 232 g/mol. The number of nitrogens with zero attached hydrogens (tertiary/aromatic N) is 3. The maximum Gasteiger partial charge on any atom is 0.274 e. The van der Waals surface area contributed by atoms with E-state index in [1.807, 2.05) is 25.7 Å². The highest BCUT2D eigenvalue weighted by molar-refractivity contribution is 5.98. The predicted molar refractivity (Wildman–Crippen MR) is 68.4 cm³/mol. The maximum atomic E-state index is 12.6. The summed E-state index contributed by atoms with van der Waals surface area (Å²) in [4.78, 5) is 14.4. The van der Waals surface area contributed by atoms with E-state index in [9.17, 15) is 4.79 Å². The van der Waals surface area contributed by atoms with Crippen molar-refractivity contribution >= 4 is 11.6 Å². The standard InChI is InChI=1S/C12H20N4O2/c1-4-16-11(10(13)9(3)14-16)12(17)15-5-6-18-7-8(15)2/h8H,4-7,13H2,1-3H3/t8-/m1/s1. The Morgan fingerprint density at radius 1 is 1.61 bits per heavy atom. The average molecular weight is 252 g/mol. The monoisotopic (exact) mass is 252 g/mol. The summed E-state index contributed by atoms with van der Waals surface area (Å²) in [6.45, 7) is 8.14. The molecule has 100 valence electrons. The van der Waals surface area contributed by atoms with Gasteiger partial charge in [0.05, 0.1) is 30.6 Å². The summed E-state index contributed by atoms with van der Waals surface area (Å²) in [7, 11) is 0. The van der Waals surface area contributed by atoms with E-state index in [-0.39, 0.29) is 11.9 Å². The lowest BCUT2D eigenvalue weighted by Gasteiger charge is -2.33. The number of hydrogen-bond acceptors (Lipinski definition) is 4. The lowest BCUT2D eigenvalue weighted by atomic mass is 10.2. The lowest BCUT2D eigenvalue weighted by molar-refractivity contribution is 0.00300. The van der Waals surface area contributed by atoms with Crippen molar-refractivity contribution in [2.75, 3.05) is 25.5 Å². The number of carbonyl (C=O) groups excluding carboxylic acids is 1. The van der Waals surface area contributed by atoms with Gasteiger partial charge in [0.25, 0.3) is 5.91 Å². The van der Waals surface area contributed by atoms with Crippen molar-refractivity contribution in [2.45, 2.75) is 33.4 Å². The highest BCUT2D eigenvalue weighted by Gasteiger charge is 2.29. The van der Waals surface area contributed by atoms with Gasteiger partial charge in [0, 0.05) is 13.1 Å². The predicted octanol–water partition coefficient (Wildman–Crippen LogP) is 0.655. The molecule has 2 rings (SSSR count). The molecule has 1 amide bonds. The highest BCUT2D eigenvalue weighted by Crippen LogP contribution is 2.20. The Kier molecular flexibility index (Phi) is 3.56. The van der Waals surface area contributed by atoms with Crippen LogP contribution >= 0.6 is 0 Å². The molecule has 0 saturated carbocycles. The fraction of sp³-hybridized carbons (Fsp3) is 0.667. The molecule has 0 unspecified atom stereocenters. The summed E-state index contributed by atoms with van der Waals surface area (Å²) in [6.07, 6.45) is 0. The van der Waals surface area contributed by atoms with E-state index in [0.717, 1.165) is 0 Å². The molecule has 18 heavy (non-hydrogen) atoms. The van der Waals surface area contributed by atoms with Gasteiger partial charge in [-0.25, -0.2) is 0 Å². The van der Waals surface area contributed by atoms with Crippen LogP contribution in [0.1, 0.15) is 30.0 Å². The van der Waals surface area contributed by atoms with E-state index < -0.39 is 0 Å². The van der Waals surface area contributed by atoms with E-state index >= 15 is 0 Å². The zero-order valence-electron chi connectivity index (χ0n) is 11.1. The van der Waals surface area contributed by atoms with Gasteiger partial charge in [-0.3, -0.25) is 9.48 Å². The van der Waals surface area contributed by atoms with Crippen LogP contribution in [-0.2, 0) is 11.3 Å². The van der Waals surface area contributed by atoms with Crippen molar-refractivity contribution < 1.29 is 9.53 Å². The van der Waals surface area contributed by atoms with E-state index in [1.165, 1.54) is 0 Å². The Morgan fingerprint density at radius 2 is 2.33 bits per heavy atom. The number of hydrogen-bond donors (Lipinski definition) is 1. The molecule has 2 heterocycles. The molecule has 2 N–H and O–H groups in total. The van der Waals surface area contributed by atoms with Crippen LogP contribution in [0.4, 0.5) is 5.69 Å². The Hall–Kier alpha value is -1.56. The molecule has 0 bridgehead atoms. The molecule has 0 aromatic carbocycles. The fourth-order valence-electron chi connectivity index (χ4n) is 2.21. The van der Waals surface area contributed by atoms with Gasteiger partial charge in [-0.05, 0) is 20.8 Å². The first-order chi connectivity index (χ1) is 8.56. The molecule has 0 spiro atoms. The molecule has 6 heteroatoms. The minimum atomic E-state index is -0.0502. The van der Waals surface area contributed by atoms with Gasteiger partial charge >= 0.3 is 0 Å². The number of aromatic nitrogens is 2. The number of anilines is 1. The SMILES string of the molecule is CCn1nc(C)c(N)c1C(=O)N1CCOC[C@H]1C. The van der Waals surface area contributed by atoms with Crippen molar-refractivity contribution in [1.29, 1.82) is 0 Å². The number of aryl methyl sites for hydroxylation is 2. The van der Waals surface area contributed by atoms with Crippen LogP contribution in [0.5, 0.6) is 0 Å². The van der Waals surface area contributed by atoms with Crippen molar-refractivity contribution in [3.8, 4) is 0 Å². The van der Waals surface area contributed by atoms with Gasteiger partial charge in [0.1, 0.15) is 5.69 Å². The topological polar surface area (TPSA) is 73.4 Å². The van der Waals surface area contributed by atoms with Gasteiger partial charge in [-0.15, -0.1) is 0 Å². The van der Waals surface area contributed by atoms with Gasteiger partial charge in [0.2, 0.25) is 0 Å². The second kappa shape index (κ2) is 4.97. The number of ether oxygens (including phenoxy) is 1. The van der Waals surface area contributed by atoms with E-state index in [1.54, 1.807) is 4.68 Å². The van der Waals surface area contributed by atoms with Crippen LogP contribution in [0.25, 0.3) is 0 Å². The van der Waals surface area contributed by atoms with Crippen molar-refractivity contribution in [2.24, 2.45) is 0 Å². The fourth-order valence-corrected chi connectivity index (χ4v) is 2.21. The average Bonchev–Trinajstić information content (AvgIpc) is 2.65. The highest BCUT2D eigenvalue weighted by atomic mass is 16.5. The number of morpholine rings is 1. The summed E-state index contributed by atoms with van der Waals surface area (Å²) < 4.78 is 7.02. The number of amides is 1. The van der Waals surface area contributed by atoms with Crippen LogP contribution in [0.15, 0.2) is 0 Å². The Morgan fingerprint density at radius 3 is 2.94 bits per heavy atom. The van der Waals surface area contributed by atoms with Gasteiger partial charge < -0.3 is 15.4 Å². The van der Waals surface area contributed by atoms with Crippen LogP contribution < -0.4 is 5.73 Å². The molecule has 1 atom stereocenters. The van der Waals surface area contributed by atoms with Crippen LogP contribution in [0.3, 0.4) is 0 Å². The van der Waals surface area contributed by atoms with E-state index in [2.05, 4.69) is 5.10 Å². The number of nitrogen functional groups attached to an aromatic ring is 1. The molecule has 1 fully saturated rings. The molecule has 1 aromatic rings. The summed E-state index contributed by atoms with van der Waals surface area (Å²) in [6, 6.07) is 0.0752. The first-order valence-electron chi connectivity index (χ1n) is 6.27. The summed E-state index contributed by atoms with van der Waals surface area (Å²) in [5.41, 5.74) is 7.67. The summed E-state index contributed by atoms with van der Waals surface area (Å²) in [5, 5.41) is 4.28. The smallest absolute Gasteiger partial charge is 0.274 e. The first-order valence-corrected chi connectivity index (χ1v) is 6.27. The molecule has 1 saturated heterocycles. The quantitative estimate of drug-likeness (QED) is 0.839. The Balaban J connectivity index is 2.33. The lowest BCUT2D eigenvalue weighted by Crippen LogP contribution is -2.47. The van der Waals surface area contributed by atoms with Crippen LogP contribution in [0.2, 0.25) is 0 Å². The largest absolute Gasteiger partial charge is 0.395 e. The third-order valence-corrected chi connectivity index (χ3v) is 3.30. The van der Waals surface area contributed by atoms with Gasteiger partial charge in [-0.1, -0.05) is 0 Å². The van der Waals surface area contributed by atoms with Crippen molar-refractivity contribution in [1.82, 2.24) is 14.7 Å². The van der Waals surface area contributed by atoms with Crippen LogP contribution in [-0.4, -0.2) is 46.4 Å². The second-order valence-corrected chi connectivity index (χ2v) is 4.59. The number of rotatable bonds is 2. The van der Waals surface area contributed by atoms with E-state index in [0.29, 0.717) is 43.4 Å². The van der Waals surface area contributed by atoms with Gasteiger partial charge in [0.15, 0.2) is 0 Å². The second-order valence-electron chi connectivity index (χ2n) is 4.59. The normalized spacial score (nSPS) is 20.2.